The van der Waals surface area contributed by atoms with Gasteiger partial charge in [-0.3, -0.25) is 14.5 Å². The molecule has 32 heavy (non-hydrogen) atoms. The number of fused-ring (bicyclic) bond motifs is 3. The van der Waals surface area contributed by atoms with E-state index in [1.165, 1.54) is 6.92 Å². The average molecular weight is 436 g/mol. The van der Waals surface area contributed by atoms with E-state index in [2.05, 4.69) is 0 Å². The average Bonchev–Trinajstić information content (AvgIpc) is 3.03. The van der Waals surface area contributed by atoms with Crippen LogP contribution in [0.25, 0.3) is 11.0 Å². The van der Waals surface area contributed by atoms with Gasteiger partial charge in [-0.25, -0.2) is 4.98 Å². The maximum atomic E-state index is 13.1. The summed E-state index contributed by atoms with van der Waals surface area (Å²) in [7, 11) is 1.91. The number of rotatable bonds is 2. The number of benzene rings is 2. The minimum Gasteiger partial charge on any atom is -0.456 e. The summed E-state index contributed by atoms with van der Waals surface area (Å²) in [6.07, 6.45) is -2.09. The van der Waals surface area contributed by atoms with Gasteiger partial charge in [-0.1, -0.05) is 36.4 Å². The van der Waals surface area contributed by atoms with Crippen LogP contribution in [0.2, 0.25) is 0 Å². The number of aryl methyl sites for hydroxylation is 2. The number of carbonyl (C=O) groups is 2. The molecule has 0 saturated carbocycles. The molecule has 1 aliphatic rings. The summed E-state index contributed by atoms with van der Waals surface area (Å²) in [6.45, 7) is 8.66. The van der Waals surface area contributed by atoms with Crippen molar-refractivity contribution in [2.75, 3.05) is 4.90 Å². The van der Waals surface area contributed by atoms with Gasteiger partial charge in [-0.15, -0.1) is 0 Å². The van der Waals surface area contributed by atoms with E-state index in [0.29, 0.717) is 16.8 Å². The Morgan fingerprint density at radius 1 is 1.09 bits per heavy atom. The van der Waals surface area contributed by atoms with Crippen molar-refractivity contribution in [2.45, 2.75) is 52.9 Å². The lowest BCUT2D eigenvalue weighted by molar-refractivity contribution is -0.168. The van der Waals surface area contributed by atoms with Crippen LogP contribution in [0.4, 0.5) is 5.69 Å². The highest BCUT2D eigenvalue weighted by molar-refractivity contribution is 6.03. The standard InChI is InChI=1S/C25H29N3O4/c1-14-26-19-18(27(14)6)13-12-17-21(19)28(15(2)29)20(16-10-8-7-9-11-16)23(22(17)30)32-24(31)25(3,4)5/h7-13,20,22-23,30H,1-6H3/t20-,22-,23-/m1/s1. The van der Waals surface area contributed by atoms with Crippen LogP contribution in [0.3, 0.4) is 0 Å². The van der Waals surface area contributed by atoms with E-state index in [1.54, 1.807) is 31.7 Å². The summed E-state index contributed by atoms with van der Waals surface area (Å²) in [5, 5.41) is 11.5. The Morgan fingerprint density at radius 3 is 2.34 bits per heavy atom. The van der Waals surface area contributed by atoms with E-state index in [9.17, 15) is 14.7 Å². The van der Waals surface area contributed by atoms with Crippen molar-refractivity contribution < 1.29 is 19.4 Å². The van der Waals surface area contributed by atoms with Gasteiger partial charge >= 0.3 is 5.97 Å². The maximum Gasteiger partial charge on any atom is 0.311 e. The van der Waals surface area contributed by atoms with Gasteiger partial charge in [0.2, 0.25) is 5.91 Å². The van der Waals surface area contributed by atoms with E-state index < -0.39 is 29.6 Å². The van der Waals surface area contributed by atoms with Crippen LogP contribution in [-0.2, 0) is 21.4 Å². The van der Waals surface area contributed by atoms with E-state index in [0.717, 1.165) is 16.9 Å². The molecule has 0 spiro atoms. The summed E-state index contributed by atoms with van der Waals surface area (Å²) in [5.74, 6) is 0.132. The number of aliphatic hydroxyl groups is 1. The van der Waals surface area contributed by atoms with Crippen molar-refractivity contribution in [1.29, 1.82) is 0 Å². The first-order valence-electron chi connectivity index (χ1n) is 10.7. The molecular weight excluding hydrogens is 406 g/mol. The van der Waals surface area contributed by atoms with Crippen LogP contribution in [0.5, 0.6) is 0 Å². The molecular formula is C25H29N3O4. The molecule has 7 heteroatoms. The van der Waals surface area contributed by atoms with Crippen LogP contribution < -0.4 is 4.90 Å². The number of aliphatic hydroxyl groups excluding tert-OH is 1. The first kappa shape index (κ1) is 22.0. The van der Waals surface area contributed by atoms with Crippen LogP contribution in [0.1, 0.15) is 56.8 Å². The number of anilines is 1. The Labute approximate surface area is 187 Å². The quantitative estimate of drug-likeness (QED) is 0.616. The summed E-state index contributed by atoms with van der Waals surface area (Å²) in [5.41, 5.74) is 2.58. The van der Waals surface area contributed by atoms with Gasteiger partial charge in [-0.05, 0) is 39.3 Å². The van der Waals surface area contributed by atoms with Crippen LogP contribution >= 0.6 is 0 Å². The lowest BCUT2D eigenvalue weighted by Gasteiger charge is -2.44. The lowest BCUT2D eigenvalue weighted by Crippen LogP contribution is -2.49. The number of aromatic nitrogens is 2. The molecule has 0 bridgehead atoms. The molecule has 1 N–H and O–H groups in total. The Kier molecular flexibility index (Phi) is 5.33. The number of imidazole rings is 1. The number of amides is 1. The number of hydrogen-bond donors (Lipinski definition) is 1. The molecule has 0 radical (unpaired) electrons. The van der Waals surface area contributed by atoms with Gasteiger partial charge in [-0.2, -0.15) is 0 Å². The fourth-order valence-corrected chi connectivity index (χ4v) is 4.28. The van der Waals surface area contributed by atoms with E-state index in [4.69, 9.17) is 9.72 Å². The molecule has 3 atom stereocenters. The zero-order chi connectivity index (χ0) is 23.4. The van der Waals surface area contributed by atoms with Gasteiger partial charge in [0, 0.05) is 19.5 Å². The van der Waals surface area contributed by atoms with Crippen molar-refractivity contribution in [3.8, 4) is 0 Å². The molecule has 3 aromatic rings. The highest BCUT2D eigenvalue weighted by atomic mass is 16.6. The number of esters is 1. The van der Waals surface area contributed by atoms with Crippen molar-refractivity contribution in [2.24, 2.45) is 12.5 Å². The smallest absolute Gasteiger partial charge is 0.311 e. The number of nitrogens with zero attached hydrogens (tertiary/aromatic N) is 3. The van der Waals surface area contributed by atoms with Gasteiger partial charge in [0.15, 0.2) is 6.10 Å². The second-order valence-electron chi connectivity index (χ2n) is 9.40. The van der Waals surface area contributed by atoms with Crippen molar-refractivity contribution in [3.05, 3.63) is 59.4 Å². The molecule has 1 aromatic heterocycles. The third kappa shape index (κ3) is 3.46. The second kappa shape index (κ2) is 7.74. The highest BCUT2D eigenvalue weighted by Gasteiger charge is 2.47. The molecule has 1 amide bonds. The third-order valence-electron chi connectivity index (χ3n) is 6.08. The summed E-state index contributed by atoms with van der Waals surface area (Å²) in [6, 6.07) is 12.3. The van der Waals surface area contributed by atoms with Gasteiger partial charge in [0.05, 0.1) is 16.6 Å². The third-order valence-corrected chi connectivity index (χ3v) is 6.08. The fraction of sp³-hybridized carbons (Fsp3) is 0.400. The molecule has 0 fully saturated rings. The molecule has 168 valence electrons. The molecule has 0 unspecified atom stereocenters. The predicted molar refractivity (Wildman–Crippen MR) is 122 cm³/mol. The monoisotopic (exact) mass is 435 g/mol. The predicted octanol–water partition coefficient (Wildman–Crippen LogP) is 3.98. The molecule has 1 aliphatic heterocycles. The summed E-state index contributed by atoms with van der Waals surface area (Å²) < 4.78 is 7.85. The van der Waals surface area contributed by atoms with Crippen LogP contribution in [0.15, 0.2) is 42.5 Å². The number of hydrogen-bond acceptors (Lipinski definition) is 5. The number of carbonyl (C=O) groups excluding carboxylic acids is 2. The van der Waals surface area contributed by atoms with E-state index in [-0.39, 0.29) is 5.91 Å². The van der Waals surface area contributed by atoms with Crippen molar-refractivity contribution >= 4 is 28.6 Å². The maximum absolute atomic E-state index is 13.1. The molecule has 0 aliphatic carbocycles. The molecule has 7 nitrogen and oxygen atoms in total. The highest BCUT2D eigenvalue weighted by Crippen LogP contribution is 2.48. The molecule has 2 aromatic carbocycles. The Hall–Kier alpha value is -3.19. The Bertz CT molecular complexity index is 1190. The lowest BCUT2D eigenvalue weighted by atomic mass is 9.85. The van der Waals surface area contributed by atoms with E-state index >= 15 is 0 Å². The minimum atomic E-state index is -1.12. The topological polar surface area (TPSA) is 84.7 Å². The summed E-state index contributed by atoms with van der Waals surface area (Å²) in [4.78, 5) is 32.3. The fourth-order valence-electron chi connectivity index (χ4n) is 4.28. The van der Waals surface area contributed by atoms with Crippen LogP contribution in [0, 0.1) is 12.3 Å². The Morgan fingerprint density at radius 2 is 1.75 bits per heavy atom. The normalized spacial score (nSPS) is 20.8. The van der Waals surface area contributed by atoms with Crippen LogP contribution in [-0.4, -0.2) is 32.6 Å². The number of ether oxygens (including phenoxy) is 1. The first-order valence-corrected chi connectivity index (χ1v) is 10.7. The molecule has 0 saturated heterocycles. The second-order valence-corrected chi connectivity index (χ2v) is 9.40. The van der Waals surface area contributed by atoms with Crippen molar-refractivity contribution in [1.82, 2.24) is 9.55 Å². The van der Waals surface area contributed by atoms with Crippen molar-refractivity contribution in [3.63, 3.8) is 0 Å². The van der Waals surface area contributed by atoms with Gasteiger partial charge in [0.25, 0.3) is 0 Å². The van der Waals surface area contributed by atoms with Gasteiger partial charge < -0.3 is 14.4 Å². The SMILES string of the molecule is CC(=O)N1c2c(ccc3c2nc(C)n3C)[C@@H](O)[C@H](OC(=O)C(C)(C)C)[C@H]1c1ccccc1. The van der Waals surface area contributed by atoms with E-state index in [1.807, 2.05) is 54.9 Å². The van der Waals surface area contributed by atoms with Gasteiger partial charge in [0.1, 0.15) is 23.5 Å². The summed E-state index contributed by atoms with van der Waals surface area (Å²) >= 11 is 0. The zero-order valence-electron chi connectivity index (χ0n) is 19.3. The zero-order valence-corrected chi connectivity index (χ0v) is 19.3. The Balaban J connectivity index is 1.99. The molecule has 2 heterocycles. The first-order chi connectivity index (χ1) is 15.0. The minimum absolute atomic E-state index is 0.223. The largest absolute Gasteiger partial charge is 0.456 e. The molecule has 4 rings (SSSR count).